The predicted molar refractivity (Wildman–Crippen MR) is 107 cm³/mol. The number of nitrogens with zero attached hydrogens (tertiary/aromatic N) is 2. The van der Waals surface area contributed by atoms with Crippen LogP contribution in [0.3, 0.4) is 0 Å². The van der Waals surface area contributed by atoms with Crippen molar-refractivity contribution in [3.05, 3.63) is 23.8 Å². The first kappa shape index (κ1) is 20.4. The van der Waals surface area contributed by atoms with E-state index in [0.29, 0.717) is 16.6 Å². The molecule has 0 bridgehead atoms. The van der Waals surface area contributed by atoms with E-state index in [2.05, 4.69) is 20.7 Å². The lowest BCUT2D eigenvalue weighted by Gasteiger charge is -2.26. The van der Waals surface area contributed by atoms with E-state index >= 15 is 0 Å². The molecular weight excluding hydrogens is 352 g/mol. The number of thiocarbonyl (C=S) groups is 1. The number of morpholine rings is 1. The zero-order valence-corrected chi connectivity index (χ0v) is 16.5. The van der Waals surface area contributed by atoms with E-state index in [9.17, 15) is 0 Å². The van der Waals surface area contributed by atoms with Gasteiger partial charge in [-0.05, 0) is 50.3 Å². The lowest BCUT2D eigenvalue weighted by molar-refractivity contribution is 0.0376. The van der Waals surface area contributed by atoms with Gasteiger partial charge in [-0.15, -0.1) is 0 Å². The van der Waals surface area contributed by atoms with Gasteiger partial charge in [0.15, 0.2) is 16.6 Å². The molecule has 1 fully saturated rings. The summed E-state index contributed by atoms with van der Waals surface area (Å²) in [4.78, 5) is 2.40. The van der Waals surface area contributed by atoms with Crippen molar-refractivity contribution in [2.75, 3.05) is 53.6 Å². The molecule has 0 amide bonds. The number of rotatable bonds is 8. The summed E-state index contributed by atoms with van der Waals surface area (Å²) in [6.45, 7) is 7.46. The van der Waals surface area contributed by atoms with E-state index in [1.165, 1.54) is 0 Å². The minimum absolute atomic E-state index is 0.520. The van der Waals surface area contributed by atoms with E-state index in [1.807, 2.05) is 25.1 Å². The SMILES string of the molecule is COc1ccc(/C(C)=N\NC(=S)NCCCN2CCOCC2)cc1OC. The molecule has 1 saturated heterocycles. The molecule has 144 valence electrons. The fraction of sp³-hybridized carbons (Fsp3) is 0.556. The predicted octanol–water partition coefficient (Wildman–Crippen LogP) is 1.61. The zero-order chi connectivity index (χ0) is 18.8. The third kappa shape index (κ3) is 6.44. The van der Waals surface area contributed by atoms with Crippen LogP contribution in [0.25, 0.3) is 0 Å². The van der Waals surface area contributed by atoms with Gasteiger partial charge in [-0.3, -0.25) is 10.3 Å². The minimum Gasteiger partial charge on any atom is -0.493 e. The summed E-state index contributed by atoms with van der Waals surface area (Å²) >= 11 is 5.27. The quantitative estimate of drug-likeness (QED) is 0.307. The summed E-state index contributed by atoms with van der Waals surface area (Å²) in [6, 6.07) is 5.67. The molecule has 1 aromatic rings. The van der Waals surface area contributed by atoms with Crippen LogP contribution in [-0.4, -0.2) is 69.3 Å². The molecule has 1 aliphatic heterocycles. The molecule has 1 aromatic carbocycles. The van der Waals surface area contributed by atoms with Gasteiger partial charge in [0.1, 0.15) is 0 Å². The van der Waals surface area contributed by atoms with Crippen molar-refractivity contribution < 1.29 is 14.2 Å². The average molecular weight is 381 g/mol. The largest absolute Gasteiger partial charge is 0.493 e. The average Bonchev–Trinajstić information content (AvgIpc) is 2.69. The molecule has 1 heterocycles. The normalized spacial score (nSPS) is 15.4. The second kappa shape index (κ2) is 10.9. The van der Waals surface area contributed by atoms with E-state index < -0.39 is 0 Å². The van der Waals surface area contributed by atoms with E-state index in [4.69, 9.17) is 26.4 Å². The van der Waals surface area contributed by atoms with Crippen molar-refractivity contribution in [3.63, 3.8) is 0 Å². The molecule has 2 rings (SSSR count). The van der Waals surface area contributed by atoms with Crippen LogP contribution in [-0.2, 0) is 4.74 Å². The van der Waals surface area contributed by atoms with E-state index in [0.717, 1.165) is 57.1 Å². The van der Waals surface area contributed by atoms with Crippen molar-refractivity contribution >= 4 is 23.0 Å². The standard InChI is InChI=1S/C18H28N4O3S/c1-14(15-5-6-16(23-2)17(13-15)24-3)20-21-18(26)19-7-4-8-22-9-11-25-12-10-22/h5-6,13H,4,7-12H2,1-3H3,(H2,19,21,26)/b20-14-. The molecule has 26 heavy (non-hydrogen) atoms. The maximum atomic E-state index is 5.34. The van der Waals surface area contributed by atoms with Gasteiger partial charge in [0.05, 0.1) is 33.1 Å². The molecule has 0 unspecified atom stereocenters. The summed E-state index contributed by atoms with van der Waals surface area (Å²) in [5.41, 5.74) is 4.63. The van der Waals surface area contributed by atoms with Crippen LogP contribution in [0.5, 0.6) is 11.5 Å². The third-order valence-electron chi connectivity index (χ3n) is 4.17. The van der Waals surface area contributed by atoms with Crippen LogP contribution in [0, 0.1) is 0 Å². The first-order chi connectivity index (χ1) is 12.6. The van der Waals surface area contributed by atoms with Gasteiger partial charge in [0, 0.05) is 25.2 Å². The number of hydrogen-bond acceptors (Lipinski definition) is 6. The summed E-state index contributed by atoms with van der Waals surface area (Å²) in [5.74, 6) is 1.36. The van der Waals surface area contributed by atoms with Gasteiger partial charge >= 0.3 is 0 Å². The Balaban J connectivity index is 1.74. The Morgan fingerprint density at radius 1 is 1.23 bits per heavy atom. The number of ether oxygens (including phenoxy) is 3. The second-order valence-corrected chi connectivity index (χ2v) is 6.35. The Bertz CT molecular complexity index is 618. The zero-order valence-electron chi connectivity index (χ0n) is 15.7. The fourth-order valence-electron chi connectivity index (χ4n) is 2.63. The van der Waals surface area contributed by atoms with E-state index in [-0.39, 0.29) is 0 Å². The van der Waals surface area contributed by atoms with E-state index in [1.54, 1.807) is 14.2 Å². The molecule has 7 nitrogen and oxygen atoms in total. The highest BCUT2D eigenvalue weighted by Gasteiger charge is 2.09. The molecule has 1 aliphatic rings. The smallest absolute Gasteiger partial charge is 0.186 e. The molecular formula is C18H28N4O3S. The summed E-state index contributed by atoms with van der Waals surface area (Å²) < 4.78 is 15.9. The second-order valence-electron chi connectivity index (χ2n) is 5.94. The van der Waals surface area contributed by atoms with Crippen LogP contribution in [0.1, 0.15) is 18.9 Å². The molecule has 0 aliphatic carbocycles. The Hall–Kier alpha value is -1.90. The van der Waals surface area contributed by atoms with Crippen LogP contribution in [0.4, 0.5) is 0 Å². The van der Waals surface area contributed by atoms with Crippen LogP contribution < -0.4 is 20.2 Å². The highest BCUT2D eigenvalue weighted by Crippen LogP contribution is 2.27. The molecule has 0 spiro atoms. The highest BCUT2D eigenvalue weighted by atomic mass is 32.1. The number of nitrogens with one attached hydrogen (secondary N) is 2. The Kier molecular flexibility index (Phi) is 8.60. The summed E-state index contributed by atoms with van der Waals surface area (Å²) in [5, 5.41) is 8.03. The molecule has 0 radical (unpaired) electrons. The van der Waals surface area contributed by atoms with Crippen molar-refractivity contribution in [3.8, 4) is 11.5 Å². The number of hydrogen-bond donors (Lipinski definition) is 2. The third-order valence-corrected chi connectivity index (χ3v) is 4.40. The number of methoxy groups -OCH3 is 2. The molecule has 0 atom stereocenters. The lowest BCUT2D eigenvalue weighted by atomic mass is 10.1. The van der Waals surface area contributed by atoms with Gasteiger partial charge in [0.2, 0.25) is 0 Å². The summed E-state index contributed by atoms with van der Waals surface area (Å²) in [6.07, 6.45) is 1.03. The summed E-state index contributed by atoms with van der Waals surface area (Å²) in [7, 11) is 3.23. The maximum Gasteiger partial charge on any atom is 0.186 e. The minimum atomic E-state index is 0.520. The molecule has 0 saturated carbocycles. The monoisotopic (exact) mass is 380 g/mol. The van der Waals surface area contributed by atoms with Crippen LogP contribution in [0.2, 0.25) is 0 Å². The molecule has 8 heteroatoms. The van der Waals surface area contributed by atoms with Gasteiger partial charge in [0.25, 0.3) is 0 Å². The van der Waals surface area contributed by atoms with Gasteiger partial charge < -0.3 is 19.5 Å². The highest BCUT2D eigenvalue weighted by molar-refractivity contribution is 7.80. The maximum absolute atomic E-state index is 5.34. The molecule has 2 N–H and O–H groups in total. The van der Waals surface area contributed by atoms with Crippen LogP contribution in [0.15, 0.2) is 23.3 Å². The van der Waals surface area contributed by atoms with Crippen molar-refractivity contribution in [2.24, 2.45) is 5.10 Å². The van der Waals surface area contributed by atoms with Crippen molar-refractivity contribution in [2.45, 2.75) is 13.3 Å². The van der Waals surface area contributed by atoms with Crippen molar-refractivity contribution in [1.29, 1.82) is 0 Å². The first-order valence-electron chi connectivity index (χ1n) is 8.74. The van der Waals surface area contributed by atoms with Gasteiger partial charge in [-0.1, -0.05) is 0 Å². The van der Waals surface area contributed by atoms with Crippen molar-refractivity contribution in [1.82, 2.24) is 15.6 Å². The number of benzene rings is 1. The topological polar surface area (TPSA) is 67.4 Å². The Morgan fingerprint density at radius 3 is 2.65 bits per heavy atom. The number of hydrazone groups is 1. The molecule has 0 aromatic heterocycles. The Morgan fingerprint density at radius 2 is 1.96 bits per heavy atom. The van der Waals surface area contributed by atoms with Gasteiger partial charge in [-0.2, -0.15) is 5.10 Å². The first-order valence-corrected chi connectivity index (χ1v) is 9.15. The Labute approximate surface area is 160 Å². The lowest BCUT2D eigenvalue weighted by Crippen LogP contribution is -2.39. The fourth-order valence-corrected chi connectivity index (χ4v) is 2.78. The van der Waals surface area contributed by atoms with Crippen LogP contribution >= 0.6 is 12.2 Å². The van der Waals surface area contributed by atoms with Gasteiger partial charge in [-0.25, -0.2) is 0 Å².